The maximum absolute atomic E-state index is 12.7. The molecule has 0 amide bonds. The zero-order valence-electron chi connectivity index (χ0n) is 7.21. The van der Waals surface area contributed by atoms with E-state index in [1.165, 1.54) is 12.1 Å². The highest BCUT2D eigenvalue weighted by Gasteiger charge is 2.45. The third-order valence-electron chi connectivity index (χ3n) is 2.47. The van der Waals surface area contributed by atoms with Gasteiger partial charge in [-0.05, 0) is 30.0 Å². The van der Waals surface area contributed by atoms with Crippen molar-refractivity contribution in [1.82, 2.24) is 0 Å². The Kier molecular flexibility index (Phi) is 2.19. The average molecular weight is 215 g/mol. The molecule has 2 nitrogen and oxygen atoms in total. The molecule has 74 valence electrons. The SMILES string of the molecule is O=C(O)[C@H]1C[C@@H]1c1ccc(F)cc1Cl. The fourth-order valence-electron chi connectivity index (χ4n) is 1.61. The van der Waals surface area contributed by atoms with Gasteiger partial charge in [0.1, 0.15) is 5.82 Å². The number of aliphatic carboxylic acids is 1. The molecule has 2 atom stereocenters. The molecule has 1 aromatic carbocycles. The minimum absolute atomic E-state index is 0.0411. The van der Waals surface area contributed by atoms with Crippen LogP contribution in [0.4, 0.5) is 4.39 Å². The number of rotatable bonds is 2. The van der Waals surface area contributed by atoms with Crippen LogP contribution in [-0.2, 0) is 4.79 Å². The second-order valence-corrected chi connectivity index (χ2v) is 3.86. The lowest BCUT2D eigenvalue weighted by atomic mass is 10.1. The predicted octanol–water partition coefficient (Wildman–Crippen LogP) is 2.67. The molecule has 1 aliphatic carbocycles. The zero-order valence-corrected chi connectivity index (χ0v) is 7.96. The van der Waals surface area contributed by atoms with Crippen molar-refractivity contribution in [3.8, 4) is 0 Å². The Morgan fingerprint density at radius 1 is 1.57 bits per heavy atom. The van der Waals surface area contributed by atoms with Gasteiger partial charge in [0.05, 0.1) is 5.92 Å². The molecular weight excluding hydrogens is 207 g/mol. The summed E-state index contributed by atoms with van der Waals surface area (Å²) >= 11 is 5.80. The highest BCUT2D eigenvalue weighted by atomic mass is 35.5. The summed E-state index contributed by atoms with van der Waals surface area (Å²) in [5, 5.41) is 9.03. The Bertz CT molecular complexity index is 392. The van der Waals surface area contributed by atoms with E-state index in [2.05, 4.69) is 0 Å². The number of carbonyl (C=O) groups is 1. The topological polar surface area (TPSA) is 37.3 Å². The number of carboxylic acid groups (broad SMARTS) is 1. The van der Waals surface area contributed by atoms with Crippen LogP contribution in [0, 0.1) is 11.7 Å². The van der Waals surface area contributed by atoms with E-state index in [-0.39, 0.29) is 11.8 Å². The average Bonchev–Trinajstić information content (AvgIpc) is 2.83. The largest absolute Gasteiger partial charge is 0.481 e. The Morgan fingerprint density at radius 3 is 2.79 bits per heavy atom. The first-order chi connectivity index (χ1) is 6.59. The summed E-state index contributed by atoms with van der Waals surface area (Å²) < 4.78 is 12.7. The van der Waals surface area contributed by atoms with Crippen LogP contribution in [0.2, 0.25) is 5.02 Å². The molecule has 0 heterocycles. The molecule has 0 saturated heterocycles. The lowest BCUT2D eigenvalue weighted by Crippen LogP contribution is -1.99. The third-order valence-corrected chi connectivity index (χ3v) is 2.80. The van der Waals surface area contributed by atoms with Crippen LogP contribution >= 0.6 is 11.6 Å². The molecule has 0 aromatic heterocycles. The van der Waals surface area contributed by atoms with E-state index in [0.29, 0.717) is 11.4 Å². The summed E-state index contributed by atoms with van der Waals surface area (Å²) in [5.41, 5.74) is 0.737. The molecule has 0 unspecified atom stereocenters. The normalized spacial score (nSPS) is 24.7. The van der Waals surface area contributed by atoms with Crippen molar-refractivity contribution in [1.29, 1.82) is 0 Å². The maximum atomic E-state index is 12.7. The maximum Gasteiger partial charge on any atom is 0.307 e. The Morgan fingerprint density at radius 2 is 2.29 bits per heavy atom. The second kappa shape index (κ2) is 3.24. The molecule has 1 saturated carbocycles. The van der Waals surface area contributed by atoms with E-state index < -0.39 is 11.8 Å². The van der Waals surface area contributed by atoms with E-state index in [0.717, 1.165) is 5.56 Å². The Hall–Kier alpha value is -1.09. The van der Waals surface area contributed by atoms with Gasteiger partial charge in [-0.25, -0.2) is 4.39 Å². The molecule has 0 radical (unpaired) electrons. The number of carboxylic acids is 1. The van der Waals surface area contributed by atoms with Gasteiger partial charge in [0, 0.05) is 5.02 Å². The van der Waals surface area contributed by atoms with Crippen LogP contribution in [-0.4, -0.2) is 11.1 Å². The van der Waals surface area contributed by atoms with Crippen molar-refractivity contribution in [3.63, 3.8) is 0 Å². The van der Waals surface area contributed by atoms with Crippen LogP contribution < -0.4 is 0 Å². The summed E-state index contributed by atoms with van der Waals surface area (Å²) in [4.78, 5) is 10.6. The van der Waals surface area contributed by atoms with Gasteiger partial charge in [0.25, 0.3) is 0 Å². The van der Waals surface area contributed by atoms with Crippen molar-refractivity contribution in [3.05, 3.63) is 34.6 Å². The molecule has 2 rings (SSSR count). The minimum Gasteiger partial charge on any atom is -0.481 e. The van der Waals surface area contributed by atoms with Crippen molar-refractivity contribution >= 4 is 17.6 Å². The highest BCUT2D eigenvalue weighted by molar-refractivity contribution is 6.31. The summed E-state index contributed by atoms with van der Waals surface area (Å²) in [6, 6.07) is 4.08. The van der Waals surface area contributed by atoms with Crippen molar-refractivity contribution < 1.29 is 14.3 Å². The molecule has 1 fully saturated rings. The molecule has 0 spiro atoms. The molecule has 0 bridgehead atoms. The zero-order chi connectivity index (χ0) is 10.3. The van der Waals surface area contributed by atoms with Gasteiger partial charge < -0.3 is 5.11 Å². The molecule has 14 heavy (non-hydrogen) atoms. The Balaban J connectivity index is 2.23. The van der Waals surface area contributed by atoms with Gasteiger partial charge in [-0.3, -0.25) is 4.79 Å². The van der Waals surface area contributed by atoms with E-state index >= 15 is 0 Å². The van der Waals surface area contributed by atoms with Gasteiger partial charge in [-0.2, -0.15) is 0 Å². The van der Waals surface area contributed by atoms with Crippen LogP contribution in [0.1, 0.15) is 17.9 Å². The molecule has 4 heteroatoms. The number of benzene rings is 1. The standard InChI is InChI=1S/C10H8ClFO2/c11-9-3-5(12)1-2-6(9)7-4-8(7)10(13)14/h1-3,7-8H,4H2,(H,13,14)/t7-,8+/m1/s1. The van der Waals surface area contributed by atoms with Gasteiger partial charge in [-0.1, -0.05) is 17.7 Å². The predicted molar refractivity (Wildman–Crippen MR) is 49.9 cm³/mol. The van der Waals surface area contributed by atoms with Crippen LogP contribution in [0.3, 0.4) is 0 Å². The first kappa shape index (κ1) is 9.46. The number of halogens is 2. The smallest absolute Gasteiger partial charge is 0.307 e. The molecule has 1 N–H and O–H groups in total. The quantitative estimate of drug-likeness (QED) is 0.822. The van der Waals surface area contributed by atoms with Gasteiger partial charge in [0.15, 0.2) is 0 Å². The molecule has 0 aliphatic heterocycles. The molecule has 1 aromatic rings. The summed E-state index contributed by atoms with van der Waals surface area (Å²) in [7, 11) is 0. The van der Waals surface area contributed by atoms with E-state index in [9.17, 15) is 9.18 Å². The van der Waals surface area contributed by atoms with Gasteiger partial charge in [-0.15, -0.1) is 0 Å². The van der Waals surface area contributed by atoms with Crippen LogP contribution in [0.5, 0.6) is 0 Å². The molecule has 1 aliphatic rings. The van der Waals surface area contributed by atoms with E-state index in [1.54, 1.807) is 6.07 Å². The monoisotopic (exact) mass is 214 g/mol. The number of hydrogen-bond donors (Lipinski definition) is 1. The van der Waals surface area contributed by atoms with E-state index in [4.69, 9.17) is 16.7 Å². The van der Waals surface area contributed by atoms with Crippen molar-refractivity contribution in [2.24, 2.45) is 5.92 Å². The number of hydrogen-bond acceptors (Lipinski definition) is 1. The fourth-order valence-corrected chi connectivity index (χ4v) is 1.92. The fraction of sp³-hybridized carbons (Fsp3) is 0.300. The van der Waals surface area contributed by atoms with Crippen LogP contribution in [0.15, 0.2) is 18.2 Å². The summed E-state index contributed by atoms with van der Waals surface area (Å²) in [5.74, 6) is -1.60. The first-order valence-electron chi connectivity index (χ1n) is 4.27. The third kappa shape index (κ3) is 1.60. The van der Waals surface area contributed by atoms with Gasteiger partial charge >= 0.3 is 5.97 Å². The summed E-state index contributed by atoms with van der Waals surface area (Å²) in [6.07, 6.45) is 0.598. The lowest BCUT2D eigenvalue weighted by Gasteiger charge is -2.01. The Labute approximate surface area is 85.3 Å². The molecular formula is C10H8ClFO2. The van der Waals surface area contributed by atoms with Gasteiger partial charge in [0.2, 0.25) is 0 Å². The first-order valence-corrected chi connectivity index (χ1v) is 4.65. The van der Waals surface area contributed by atoms with E-state index in [1.807, 2.05) is 0 Å². The van der Waals surface area contributed by atoms with Crippen molar-refractivity contribution in [2.45, 2.75) is 12.3 Å². The second-order valence-electron chi connectivity index (χ2n) is 3.45. The summed E-state index contributed by atoms with van der Waals surface area (Å²) in [6.45, 7) is 0. The minimum atomic E-state index is -0.810. The van der Waals surface area contributed by atoms with Crippen LogP contribution in [0.25, 0.3) is 0 Å². The lowest BCUT2D eigenvalue weighted by molar-refractivity contribution is -0.138. The van der Waals surface area contributed by atoms with Crippen molar-refractivity contribution in [2.75, 3.05) is 0 Å². The highest BCUT2D eigenvalue weighted by Crippen LogP contribution is 2.49.